The van der Waals surface area contributed by atoms with Gasteiger partial charge in [0.05, 0.1) is 27.4 Å². The summed E-state index contributed by atoms with van der Waals surface area (Å²) in [6.07, 6.45) is 2.35. The molecule has 2 N–H and O–H groups in total. The maximum Gasteiger partial charge on any atom is 0.426 e. The van der Waals surface area contributed by atoms with Gasteiger partial charge in [-0.3, -0.25) is 15.2 Å². The molecule has 2 heterocycles. The van der Waals surface area contributed by atoms with Crippen molar-refractivity contribution in [1.29, 1.82) is 0 Å². The van der Waals surface area contributed by atoms with Crippen molar-refractivity contribution < 1.29 is 22.7 Å². The number of hydrogen-bond donors (Lipinski definition) is 2. The standard InChI is InChI=1S/C28H28N4O5S/c1-5-38(35,36)21-12-10-19(11-13-21)18-6-8-20(9-7-18)25-16-22(23-17-29-15-14-24(23)30-25)26(33)31-32-27(34)37-28(2,3)4/h6-17H,5H2,1-4H3,(H,31,33)(H,32,34). The molecule has 0 spiro atoms. The molecule has 0 atom stereocenters. The maximum absolute atomic E-state index is 13.0. The molecule has 0 saturated carbocycles. The number of ether oxygens (including phenoxy) is 1. The van der Waals surface area contributed by atoms with Crippen LogP contribution in [-0.4, -0.2) is 41.7 Å². The molecular formula is C28H28N4O5S. The number of hydrogen-bond acceptors (Lipinski definition) is 7. The Morgan fingerprint density at radius 3 is 2.11 bits per heavy atom. The zero-order valence-corrected chi connectivity index (χ0v) is 22.3. The van der Waals surface area contributed by atoms with Crippen LogP contribution in [0.1, 0.15) is 38.1 Å². The Kier molecular flexibility index (Phi) is 7.45. The second kappa shape index (κ2) is 10.6. The van der Waals surface area contributed by atoms with E-state index >= 15 is 0 Å². The molecule has 2 amide bonds. The number of fused-ring (bicyclic) bond motifs is 1. The van der Waals surface area contributed by atoms with Crippen molar-refractivity contribution in [3.05, 3.63) is 78.6 Å². The third kappa shape index (κ3) is 6.15. The minimum Gasteiger partial charge on any atom is -0.443 e. The summed E-state index contributed by atoms with van der Waals surface area (Å²) in [4.78, 5) is 34.0. The van der Waals surface area contributed by atoms with E-state index < -0.39 is 27.4 Å². The number of amides is 2. The van der Waals surface area contributed by atoms with E-state index in [-0.39, 0.29) is 11.3 Å². The molecule has 0 aliphatic rings. The Hall–Kier alpha value is -4.31. The van der Waals surface area contributed by atoms with Gasteiger partial charge in [-0.2, -0.15) is 0 Å². The number of benzene rings is 2. The Morgan fingerprint density at radius 2 is 1.50 bits per heavy atom. The number of nitrogens with zero attached hydrogens (tertiary/aromatic N) is 2. The van der Waals surface area contributed by atoms with E-state index in [9.17, 15) is 18.0 Å². The van der Waals surface area contributed by atoms with Gasteiger partial charge in [0.2, 0.25) is 0 Å². The van der Waals surface area contributed by atoms with Gasteiger partial charge in [-0.1, -0.05) is 43.3 Å². The van der Waals surface area contributed by atoms with Crippen LogP contribution in [0.3, 0.4) is 0 Å². The number of hydrazine groups is 1. The molecule has 10 heteroatoms. The fourth-order valence-corrected chi connectivity index (χ4v) is 4.62. The Labute approximate surface area is 221 Å². The number of nitrogens with one attached hydrogen (secondary N) is 2. The predicted molar refractivity (Wildman–Crippen MR) is 145 cm³/mol. The largest absolute Gasteiger partial charge is 0.443 e. The minimum atomic E-state index is -3.26. The lowest BCUT2D eigenvalue weighted by atomic mass is 10.0. The van der Waals surface area contributed by atoms with Crippen LogP contribution in [-0.2, 0) is 14.6 Å². The van der Waals surface area contributed by atoms with Gasteiger partial charge in [0.1, 0.15) is 5.60 Å². The number of sulfone groups is 1. The Bertz CT molecular complexity index is 1590. The number of carbonyl (C=O) groups excluding carboxylic acids is 2. The highest BCUT2D eigenvalue weighted by atomic mass is 32.2. The molecule has 9 nitrogen and oxygen atoms in total. The van der Waals surface area contributed by atoms with E-state index in [4.69, 9.17) is 4.74 Å². The Balaban J connectivity index is 1.60. The Morgan fingerprint density at radius 1 is 0.895 bits per heavy atom. The second-order valence-corrected chi connectivity index (χ2v) is 11.8. The number of pyridine rings is 2. The topological polar surface area (TPSA) is 127 Å². The molecule has 38 heavy (non-hydrogen) atoms. The fraction of sp³-hybridized carbons (Fsp3) is 0.214. The molecule has 0 fully saturated rings. The van der Waals surface area contributed by atoms with Crippen LogP contribution in [0, 0.1) is 0 Å². The van der Waals surface area contributed by atoms with E-state index in [0.717, 1.165) is 16.7 Å². The van der Waals surface area contributed by atoms with Gasteiger partial charge in [0, 0.05) is 23.3 Å². The van der Waals surface area contributed by atoms with Crippen molar-refractivity contribution in [1.82, 2.24) is 20.8 Å². The summed E-state index contributed by atoms with van der Waals surface area (Å²) in [5.41, 5.74) is 7.88. The molecule has 4 aromatic rings. The molecular weight excluding hydrogens is 504 g/mol. The average Bonchev–Trinajstić information content (AvgIpc) is 2.90. The highest BCUT2D eigenvalue weighted by molar-refractivity contribution is 7.91. The normalized spacial score (nSPS) is 11.7. The van der Waals surface area contributed by atoms with Crippen LogP contribution < -0.4 is 10.9 Å². The first-order valence-corrected chi connectivity index (χ1v) is 13.6. The number of rotatable bonds is 5. The molecule has 0 saturated heterocycles. The molecule has 0 radical (unpaired) electrons. The first-order valence-electron chi connectivity index (χ1n) is 11.9. The summed E-state index contributed by atoms with van der Waals surface area (Å²) < 4.78 is 29.3. The third-order valence-electron chi connectivity index (χ3n) is 5.64. The van der Waals surface area contributed by atoms with E-state index in [0.29, 0.717) is 21.5 Å². The van der Waals surface area contributed by atoms with E-state index in [1.807, 2.05) is 24.3 Å². The van der Waals surface area contributed by atoms with Crippen molar-refractivity contribution in [2.45, 2.75) is 38.2 Å². The molecule has 4 rings (SSSR count). The van der Waals surface area contributed by atoms with Crippen LogP contribution >= 0.6 is 0 Å². The monoisotopic (exact) mass is 532 g/mol. The fourth-order valence-electron chi connectivity index (χ4n) is 3.74. The van der Waals surface area contributed by atoms with Crippen LogP contribution in [0.5, 0.6) is 0 Å². The lowest BCUT2D eigenvalue weighted by Crippen LogP contribution is -2.44. The highest BCUT2D eigenvalue weighted by Crippen LogP contribution is 2.28. The summed E-state index contributed by atoms with van der Waals surface area (Å²) in [5, 5.41) is 0.526. The molecule has 196 valence electrons. The van der Waals surface area contributed by atoms with Crippen LogP contribution in [0.15, 0.2) is 78.0 Å². The van der Waals surface area contributed by atoms with Gasteiger partial charge in [0.25, 0.3) is 5.91 Å². The van der Waals surface area contributed by atoms with Crippen molar-refractivity contribution in [3.63, 3.8) is 0 Å². The first kappa shape index (κ1) is 26.7. The maximum atomic E-state index is 13.0. The molecule has 0 unspecified atom stereocenters. The highest BCUT2D eigenvalue weighted by Gasteiger charge is 2.19. The molecule has 2 aromatic carbocycles. The smallest absolute Gasteiger partial charge is 0.426 e. The van der Waals surface area contributed by atoms with Gasteiger partial charge in [-0.15, -0.1) is 0 Å². The van der Waals surface area contributed by atoms with Gasteiger partial charge in [-0.25, -0.2) is 23.6 Å². The SMILES string of the molecule is CCS(=O)(=O)c1ccc(-c2ccc(-c3cc(C(=O)NNC(=O)OC(C)(C)C)c4cnccc4n3)cc2)cc1. The first-order chi connectivity index (χ1) is 18.0. The third-order valence-corrected chi connectivity index (χ3v) is 7.39. The summed E-state index contributed by atoms with van der Waals surface area (Å²) in [6.45, 7) is 6.78. The molecule has 2 aromatic heterocycles. The van der Waals surface area contributed by atoms with Crippen LogP contribution in [0.25, 0.3) is 33.3 Å². The van der Waals surface area contributed by atoms with E-state index in [1.54, 1.807) is 76.5 Å². The average molecular weight is 533 g/mol. The van der Waals surface area contributed by atoms with E-state index in [1.165, 1.54) is 0 Å². The van der Waals surface area contributed by atoms with Crippen molar-refractivity contribution >= 4 is 32.7 Å². The molecule has 0 aliphatic carbocycles. The van der Waals surface area contributed by atoms with Gasteiger partial charge in [0.15, 0.2) is 9.84 Å². The van der Waals surface area contributed by atoms with Crippen LogP contribution in [0.2, 0.25) is 0 Å². The lowest BCUT2D eigenvalue weighted by Gasteiger charge is -2.19. The molecule has 0 bridgehead atoms. The van der Waals surface area contributed by atoms with Crippen molar-refractivity contribution in [2.75, 3.05) is 5.75 Å². The van der Waals surface area contributed by atoms with Crippen molar-refractivity contribution in [2.24, 2.45) is 0 Å². The lowest BCUT2D eigenvalue weighted by molar-refractivity contribution is 0.0483. The number of carbonyl (C=O) groups is 2. The van der Waals surface area contributed by atoms with Gasteiger partial charge in [-0.05, 0) is 56.2 Å². The van der Waals surface area contributed by atoms with Crippen molar-refractivity contribution in [3.8, 4) is 22.4 Å². The van der Waals surface area contributed by atoms with E-state index in [2.05, 4.69) is 20.8 Å². The summed E-state index contributed by atoms with van der Waals surface area (Å²) in [6, 6.07) is 17.7. The summed E-state index contributed by atoms with van der Waals surface area (Å²) in [5.74, 6) is -0.497. The second-order valence-electron chi connectivity index (χ2n) is 9.53. The minimum absolute atomic E-state index is 0.0486. The van der Waals surface area contributed by atoms with Crippen LogP contribution in [0.4, 0.5) is 4.79 Å². The zero-order valence-electron chi connectivity index (χ0n) is 21.5. The molecule has 0 aliphatic heterocycles. The predicted octanol–water partition coefficient (Wildman–Crippen LogP) is 4.93. The zero-order chi connectivity index (χ0) is 27.5. The van der Waals surface area contributed by atoms with Gasteiger partial charge < -0.3 is 4.74 Å². The summed E-state index contributed by atoms with van der Waals surface area (Å²) in [7, 11) is -3.26. The van der Waals surface area contributed by atoms with Gasteiger partial charge >= 0.3 is 6.09 Å². The quantitative estimate of drug-likeness (QED) is 0.349. The number of aromatic nitrogens is 2. The summed E-state index contributed by atoms with van der Waals surface area (Å²) >= 11 is 0.